The van der Waals surface area contributed by atoms with Gasteiger partial charge in [0.25, 0.3) is 5.91 Å². The Morgan fingerprint density at radius 1 is 1.11 bits per heavy atom. The lowest BCUT2D eigenvalue weighted by atomic mass is 9.88. The molecule has 2 amide bonds. The zero-order chi connectivity index (χ0) is 26.2. The summed E-state index contributed by atoms with van der Waals surface area (Å²) in [4.78, 5) is 50.8. The monoisotopic (exact) mass is 526 g/mol. The SMILES string of the molecule is Nc1nc(N)c(C(=O)/N=C2\NCC3(CCN(C(=O)CCCc4nc5c(N)ncnc5[nH]4)CC3)N2)cc1Cl. The number of fused-ring (bicyclic) bond motifs is 1. The molecule has 9 N–H and O–H groups in total. The number of hydrogen-bond donors (Lipinski definition) is 6. The van der Waals surface area contributed by atoms with E-state index in [1.54, 1.807) is 0 Å². The van der Waals surface area contributed by atoms with Crippen molar-refractivity contribution in [2.75, 3.05) is 36.8 Å². The van der Waals surface area contributed by atoms with Crippen LogP contribution in [-0.2, 0) is 11.2 Å². The Morgan fingerprint density at radius 2 is 1.89 bits per heavy atom. The number of guanidine groups is 1. The first kappa shape index (κ1) is 24.5. The van der Waals surface area contributed by atoms with Crippen LogP contribution in [0.25, 0.3) is 11.2 Å². The number of imidazole rings is 1. The molecular formula is C22H27ClN12O2. The minimum Gasteiger partial charge on any atom is -0.383 e. The van der Waals surface area contributed by atoms with E-state index in [2.05, 4.69) is 40.5 Å². The number of nitrogens with one attached hydrogen (secondary N) is 3. The molecule has 0 bridgehead atoms. The number of aromatic amines is 1. The molecule has 15 heteroatoms. The van der Waals surface area contributed by atoms with Crippen molar-refractivity contribution in [3.63, 3.8) is 0 Å². The minimum atomic E-state index is -0.578. The summed E-state index contributed by atoms with van der Waals surface area (Å²) in [6.07, 6.45) is 4.50. The summed E-state index contributed by atoms with van der Waals surface area (Å²) >= 11 is 5.97. The fourth-order valence-electron chi connectivity index (χ4n) is 4.57. The van der Waals surface area contributed by atoms with Gasteiger partial charge in [0.2, 0.25) is 5.91 Å². The number of aryl methyl sites for hydroxylation is 1. The van der Waals surface area contributed by atoms with Gasteiger partial charge < -0.3 is 37.7 Å². The van der Waals surface area contributed by atoms with Crippen LogP contribution in [-0.4, -0.2) is 72.8 Å². The first-order chi connectivity index (χ1) is 17.7. The van der Waals surface area contributed by atoms with Crippen LogP contribution in [0.2, 0.25) is 5.02 Å². The number of halogens is 1. The maximum absolute atomic E-state index is 12.8. The third kappa shape index (κ3) is 5.05. The molecular weight excluding hydrogens is 500 g/mol. The number of nitrogen functional groups attached to an aromatic ring is 3. The van der Waals surface area contributed by atoms with Gasteiger partial charge in [-0.2, -0.15) is 4.99 Å². The molecule has 3 aromatic rings. The predicted molar refractivity (Wildman–Crippen MR) is 139 cm³/mol. The molecule has 14 nitrogen and oxygen atoms in total. The zero-order valence-corrected chi connectivity index (χ0v) is 20.7. The van der Waals surface area contributed by atoms with Crippen LogP contribution in [0, 0.1) is 0 Å². The first-order valence-corrected chi connectivity index (χ1v) is 12.2. The summed E-state index contributed by atoms with van der Waals surface area (Å²) in [6, 6.07) is 1.36. The summed E-state index contributed by atoms with van der Waals surface area (Å²) in [5.41, 5.74) is 18.2. The second kappa shape index (κ2) is 9.69. The van der Waals surface area contributed by atoms with Crippen LogP contribution in [0.1, 0.15) is 41.9 Å². The number of anilines is 3. The number of pyridine rings is 1. The van der Waals surface area contributed by atoms with Gasteiger partial charge in [-0.3, -0.25) is 9.59 Å². The van der Waals surface area contributed by atoms with E-state index in [9.17, 15) is 9.59 Å². The molecule has 2 aliphatic heterocycles. The molecule has 3 aromatic heterocycles. The molecule has 5 heterocycles. The first-order valence-electron chi connectivity index (χ1n) is 11.8. The summed E-state index contributed by atoms with van der Waals surface area (Å²) in [7, 11) is 0. The number of nitrogens with zero attached hydrogens (tertiary/aromatic N) is 6. The van der Waals surface area contributed by atoms with Crippen molar-refractivity contribution in [1.29, 1.82) is 0 Å². The van der Waals surface area contributed by atoms with Gasteiger partial charge in [-0.25, -0.2) is 19.9 Å². The number of rotatable bonds is 5. The Balaban J connectivity index is 1.11. The number of likely N-dealkylation sites (tertiary alicyclic amines) is 1. The Hall–Kier alpha value is -4.20. The number of amides is 2. The molecule has 0 radical (unpaired) electrons. The highest BCUT2D eigenvalue weighted by Gasteiger charge is 2.40. The Morgan fingerprint density at radius 3 is 2.65 bits per heavy atom. The molecule has 0 aromatic carbocycles. The fourth-order valence-corrected chi connectivity index (χ4v) is 4.73. The Kier molecular flexibility index (Phi) is 6.41. The second-order valence-corrected chi connectivity index (χ2v) is 9.59. The maximum Gasteiger partial charge on any atom is 0.283 e. The third-order valence-electron chi connectivity index (χ3n) is 6.69. The van der Waals surface area contributed by atoms with Crippen LogP contribution >= 0.6 is 11.6 Å². The molecule has 2 aliphatic rings. The van der Waals surface area contributed by atoms with E-state index in [0.29, 0.717) is 61.8 Å². The summed E-state index contributed by atoms with van der Waals surface area (Å²) in [5, 5.41) is 6.60. The van der Waals surface area contributed by atoms with Gasteiger partial charge in [0.1, 0.15) is 29.3 Å². The van der Waals surface area contributed by atoms with E-state index in [0.717, 1.165) is 18.7 Å². The summed E-state index contributed by atoms with van der Waals surface area (Å²) in [6.45, 7) is 1.81. The quantitative estimate of drug-likeness (QED) is 0.264. The number of aromatic nitrogens is 5. The van der Waals surface area contributed by atoms with Gasteiger partial charge in [-0.15, -0.1) is 0 Å². The highest BCUT2D eigenvalue weighted by molar-refractivity contribution is 6.33. The number of nitrogens with two attached hydrogens (primary N) is 3. The van der Waals surface area contributed by atoms with Crippen molar-refractivity contribution in [2.45, 2.75) is 37.6 Å². The lowest BCUT2D eigenvalue weighted by Gasteiger charge is -2.38. The largest absolute Gasteiger partial charge is 0.383 e. The number of H-pyrrole nitrogens is 1. The molecule has 0 atom stereocenters. The molecule has 0 aliphatic carbocycles. The molecule has 1 spiro atoms. The topological polar surface area (TPSA) is 219 Å². The third-order valence-corrected chi connectivity index (χ3v) is 6.99. The number of piperidine rings is 1. The van der Waals surface area contributed by atoms with Crippen LogP contribution in [0.5, 0.6) is 0 Å². The van der Waals surface area contributed by atoms with Crippen LogP contribution < -0.4 is 27.8 Å². The number of carbonyl (C=O) groups excluding carboxylic acids is 2. The molecule has 194 valence electrons. The zero-order valence-electron chi connectivity index (χ0n) is 19.9. The fraction of sp³-hybridized carbons (Fsp3) is 0.409. The van der Waals surface area contributed by atoms with Crippen LogP contribution in [0.4, 0.5) is 17.5 Å². The Labute approximate surface area is 216 Å². The molecule has 5 rings (SSSR count). The number of hydrogen-bond acceptors (Lipinski definition) is 9. The average molecular weight is 527 g/mol. The van der Waals surface area contributed by atoms with Crippen molar-refractivity contribution >= 4 is 58.0 Å². The molecule has 2 saturated heterocycles. The van der Waals surface area contributed by atoms with Crippen molar-refractivity contribution in [1.82, 2.24) is 40.5 Å². The minimum absolute atomic E-state index is 0.0334. The van der Waals surface area contributed by atoms with E-state index in [-0.39, 0.29) is 33.7 Å². The Bertz CT molecular complexity index is 1400. The van der Waals surface area contributed by atoms with Crippen molar-refractivity contribution in [3.05, 3.63) is 28.8 Å². The van der Waals surface area contributed by atoms with Gasteiger partial charge in [0.15, 0.2) is 17.4 Å². The van der Waals surface area contributed by atoms with Gasteiger partial charge in [0.05, 0.1) is 16.1 Å². The number of aliphatic imine (C=N–C) groups is 1. The van der Waals surface area contributed by atoms with Gasteiger partial charge in [-0.05, 0) is 25.3 Å². The average Bonchev–Trinajstić information content (AvgIpc) is 3.46. The molecule has 2 fully saturated rings. The molecule has 0 unspecified atom stereocenters. The van der Waals surface area contributed by atoms with E-state index in [4.69, 9.17) is 28.8 Å². The van der Waals surface area contributed by atoms with Gasteiger partial charge >= 0.3 is 0 Å². The predicted octanol–water partition coefficient (Wildman–Crippen LogP) is 0.221. The second-order valence-electron chi connectivity index (χ2n) is 9.19. The molecule has 0 saturated carbocycles. The highest BCUT2D eigenvalue weighted by atomic mass is 35.5. The van der Waals surface area contributed by atoms with Crippen LogP contribution in [0.3, 0.4) is 0 Å². The summed E-state index contributed by atoms with van der Waals surface area (Å²) < 4.78 is 0. The van der Waals surface area contributed by atoms with Gasteiger partial charge in [0, 0.05) is 32.5 Å². The van der Waals surface area contributed by atoms with Crippen LogP contribution in [0.15, 0.2) is 17.4 Å². The van der Waals surface area contributed by atoms with Gasteiger partial charge in [-0.1, -0.05) is 11.6 Å². The van der Waals surface area contributed by atoms with Crippen molar-refractivity contribution in [2.24, 2.45) is 4.99 Å². The van der Waals surface area contributed by atoms with Crippen molar-refractivity contribution < 1.29 is 9.59 Å². The van der Waals surface area contributed by atoms with E-state index >= 15 is 0 Å². The maximum atomic E-state index is 12.8. The van der Waals surface area contributed by atoms with Crippen molar-refractivity contribution in [3.8, 4) is 0 Å². The molecule has 37 heavy (non-hydrogen) atoms. The lowest BCUT2D eigenvalue weighted by molar-refractivity contribution is -0.132. The smallest absolute Gasteiger partial charge is 0.283 e. The van der Waals surface area contributed by atoms with E-state index in [1.807, 2.05) is 4.90 Å². The normalized spacial score (nSPS) is 17.8. The standard InChI is InChI=1S/C22H27ClN12O2/c23-12-8-11(16(24)32-17(12)25)20(37)33-21-27-9-22(34-21)4-6-35(7-5-22)14(36)3-1-2-13-30-15-18(26)28-10-29-19(15)31-13/h8,10H,1-7,9H2,(H4,24,25,32)(H2,27,33,34,37)(H3,26,28,29,30,31). The van der Waals surface area contributed by atoms with E-state index in [1.165, 1.54) is 12.4 Å². The summed E-state index contributed by atoms with van der Waals surface area (Å²) in [5.74, 6) is 0.954. The lowest BCUT2D eigenvalue weighted by Crippen LogP contribution is -2.53. The highest BCUT2D eigenvalue weighted by Crippen LogP contribution is 2.26. The number of carbonyl (C=O) groups is 2. The van der Waals surface area contributed by atoms with E-state index < -0.39 is 5.91 Å².